The number of rotatable bonds is 2. The third-order valence-electron chi connectivity index (χ3n) is 7.45. The van der Waals surface area contributed by atoms with E-state index in [0.29, 0.717) is 10.8 Å². The van der Waals surface area contributed by atoms with Crippen molar-refractivity contribution in [2.45, 2.75) is 77.0 Å². The third-order valence-corrected chi connectivity index (χ3v) is 7.45. The fraction of sp³-hybridized carbons (Fsp3) is 1.00. The summed E-state index contributed by atoms with van der Waals surface area (Å²) in [4.78, 5) is 0. The van der Waals surface area contributed by atoms with E-state index in [-0.39, 0.29) is 24.8 Å². The molecule has 0 saturated heterocycles. The van der Waals surface area contributed by atoms with E-state index in [1.165, 1.54) is 77.0 Å². The summed E-state index contributed by atoms with van der Waals surface area (Å²) in [6, 6.07) is 0. The van der Waals surface area contributed by atoms with Crippen molar-refractivity contribution in [2.75, 3.05) is 13.1 Å². The summed E-state index contributed by atoms with van der Waals surface area (Å²) in [5, 5.41) is 0. The molecule has 0 aliphatic heterocycles. The summed E-state index contributed by atoms with van der Waals surface area (Å²) in [5.41, 5.74) is 12.9. The molecule has 0 spiro atoms. The monoisotopic (exact) mass is 350 g/mol. The average Bonchev–Trinajstić information content (AvgIpc) is 3.18. The second kappa shape index (κ2) is 8.55. The Balaban J connectivity index is 0.000000202. The Hall–Kier alpha value is 0.500. The summed E-state index contributed by atoms with van der Waals surface area (Å²) < 4.78 is 0. The third kappa shape index (κ3) is 3.61. The lowest BCUT2D eigenvalue weighted by atomic mass is 9.81. The van der Waals surface area contributed by atoms with Crippen molar-refractivity contribution >= 4 is 24.8 Å². The molecule has 0 bridgehead atoms. The highest BCUT2D eigenvalue weighted by molar-refractivity contribution is 5.85. The minimum absolute atomic E-state index is 0. The number of hydrogen-bond acceptors (Lipinski definition) is 2. The lowest BCUT2D eigenvalue weighted by Crippen LogP contribution is -2.29. The molecular formula is C18H36Cl2N2. The van der Waals surface area contributed by atoms with E-state index in [2.05, 4.69) is 0 Å². The Bertz CT molecular complexity index is 283. The van der Waals surface area contributed by atoms with Crippen LogP contribution in [0, 0.1) is 22.7 Å². The highest BCUT2D eigenvalue weighted by Gasteiger charge is 2.45. The van der Waals surface area contributed by atoms with Gasteiger partial charge >= 0.3 is 0 Å². The topological polar surface area (TPSA) is 52.0 Å². The maximum Gasteiger partial charge on any atom is -0.00179 e. The molecule has 2 nitrogen and oxygen atoms in total. The predicted octanol–water partition coefficient (Wildman–Crippen LogP) is 4.67. The van der Waals surface area contributed by atoms with Gasteiger partial charge in [0.15, 0.2) is 0 Å². The summed E-state index contributed by atoms with van der Waals surface area (Å²) in [6.07, 6.45) is 17.4. The Labute approximate surface area is 149 Å². The van der Waals surface area contributed by atoms with Gasteiger partial charge in [-0.2, -0.15) is 0 Å². The zero-order valence-electron chi connectivity index (χ0n) is 14.0. The Morgan fingerprint density at radius 1 is 0.591 bits per heavy atom. The summed E-state index contributed by atoms with van der Waals surface area (Å²) in [6.45, 7) is 1.91. The molecular weight excluding hydrogens is 315 g/mol. The van der Waals surface area contributed by atoms with Crippen LogP contribution >= 0.6 is 24.8 Å². The first-order chi connectivity index (χ1) is 9.75. The molecule has 0 amide bonds. The molecule has 0 atom stereocenters. The predicted molar refractivity (Wildman–Crippen MR) is 99.9 cm³/mol. The van der Waals surface area contributed by atoms with Crippen LogP contribution in [0.2, 0.25) is 0 Å². The highest BCUT2D eigenvalue weighted by Crippen LogP contribution is 2.54. The van der Waals surface area contributed by atoms with Gasteiger partial charge in [0.1, 0.15) is 0 Å². The SMILES string of the molecule is Cl.Cl.NCC12CCCC1CCC2.NCC12CCCC1CCC2. The van der Waals surface area contributed by atoms with E-state index in [4.69, 9.17) is 11.5 Å². The zero-order valence-corrected chi connectivity index (χ0v) is 15.7. The van der Waals surface area contributed by atoms with Crippen LogP contribution < -0.4 is 11.5 Å². The van der Waals surface area contributed by atoms with E-state index < -0.39 is 0 Å². The molecule has 4 aliphatic rings. The molecule has 132 valence electrons. The van der Waals surface area contributed by atoms with Crippen LogP contribution in [0.1, 0.15) is 77.0 Å². The maximum absolute atomic E-state index is 5.81. The van der Waals surface area contributed by atoms with Crippen molar-refractivity contribution in [3.8, 4) is 0 Å². The van der Waals surface area contributed by atoms with Crippen LogP contribution in [0.4, 0.5) is 0 Å². The smallest absolute Gasteiger partial charge is 0.00179 e. The minimum atomic E-state index is 0. The molecule has 4 rings (SSSR count). The van der Waals surface area contributed by atoms with Crippen LogP contribution in [0.3, 0.4) is 0 Å². The fourth-order valence-corrected chi connectivity index (χ4v) is 6.12. The molecule has 4 aliphatic carbocycles. The summed E-state index contributed by atoms with van der Waals surface area (Å²) in [7, 11) is 0. The molecule has 4 N–H and O–H groups in total. The normalized spacial score (nSPS) is 41.7. The van der Waals surface area contributed by atoms with Gasteiger partial charge < -0.3 is 11.5 Å². The van der Waals surface area contributed by atoms with Crippen LogP contribution in [-0.4, -0.2) is 13.1 Å². The first-order valence-electron chi connectivity index (χ1n) is 9.15. The first kappa shape index (κ1) is 20.5. The van der Waals surface area contributed by atoms with Crippen LogP contribution in [-0.2, 0) is 0 Å². The number of fused-ring (bicyclic) bond motifs is 2. The lowest BCUT2D eigenvalue weighted by molar-refractivity contribution is 0.253. The van der Waals surface area contributed by atoms with Crippen molar-refractivity contribution in [3.05, 3.63) is 0 Å². The molecule has 22 heavy (non-hydrogen) atoms. The summed E-state index contributed by atoms with van der Waals surface area (Å²) in [5.74, 6) is 2.02. The van der Waals surface area contributed by atoms with Crippen LogP contribution in [0.25, 0.3) is 0 Å². The van der Waals surface area contributed by atoms with E-state index in [0.717, 1.165) is 24.9 Å². The van der Waals surface area contributed by atoms with Crippen molar-refractivity contribution in [1.82, 2.24) is 0 Å². The van der Waals surface area contributed by atoms with Crippen LogP contribution in [0.15, 0.2) is 0 Å². The van der Waals surface area contributed by atoms with Gasteiger partial charge in [-0.1, -0.05) is 25.7 Å². The van der Waals surface area contributed by atoms with Gasteiger partial charge in [0.05, 0.1) is 0 Å². The Morgan fingerprint density at radius 3 is 1.05 bits per heavy atom. The highest BCUT2D eigenvalue weighted by atomic mass is 35.5. The average molecular weight is 351 g/mol. The van der Waals surface area contributed by atoms with Crippen molar-refractivity contribution in [2.24, 2.45) is 34.1 Å². The fourth-order valence-electron chi connectivity index (χ4n) is 6.12. The molecule has 0 aromatic rings. The van der Waals surface area contributed by atoms with Gasteiger partial charge in [-0.25, -0.2) is 0 Å². The Kier molecular flexibility index (Phi) is 7.99. The van der Waals surface area contributed by atoms with Crippen molar-refractivity contribution < 1.29 is 0 Å². The quantitative estimate of drug-likeness (QED) is 0.759. The number of nitrogens with two attached hydrogens (primary N) is 2. The van der Waals surface area contributed by atoms with E-state index in [1.807, 2.05) is 0 Å². The van der Waals surface area contributed by atoms with Gasteiger partial charge in [0, 0.05) is 0 Å². The minimum Gasteiger partial charge on any atom is -0.330 e. The second-order valence-electron chi connectivity index (χ2n) is 8.10. The summed E-state index contributed by atoms with van der Waals surface area (Å²) >= 11 is 0. The molecule has 0 unspecified atom stereocenters. The van der Waals surface area contributed by atoms with E-state index in [9.17, 15) is 0 Å². The van der Waals surface area contributed by atoms with Gasteiger partial charge in [0.25, 0.3) is 0 Å². The number of hydrogen-bond donors (Lipinski definition) is 2. The molecule has 0 heterocycles. The van der Waals surface area contributed by atoms with E-state index >= 15 is 0 Å². The van der Waals surface area contributed by atoms with Gasteiger partial charge in [-0.15, -0.1) is 24.8 Å². The maximum atomic E-state index is 5.81. The molecule has 0 radical (unpaired) electrons. The molecule has 4 saturated carbocycles. The number of halogens is 2. The largest absolute Gasteiger partial charge is 0.330 e. The molecule has 0 aromatic carbocycles. The van der Waals surface area contributed by atoms with E-state index in [1.54, 1.807) is 0 Å². The zero-order chi connectivity index (χ0) is 14.1. The molecule has 4 fully saturated rings. The second-order valence-corrected chi connectivity index (χ2v) is 8.10. The lowest BCUT2D eigenvalue weighted by Gasteiger charge is -2.26. The Morgan fingerprint density at radius 2 is 0.864 bits per heavy atom. The first-order valence-corrected chi connectivity index (χ1v) is 9.15. The van der Waals surface area contributed by atoms with Gasteiger partial charge in [-0.05, 0) is 87.1 Å². The standard InChI is InChI=1S/2C9H17N.2ClH/c2*10-7-9-5-1-3-8(9)4-2-6-9;;/h2*8H,1-7,10H2;2*1H. The molecule has 4 heteroatoms. The molecule has 0 aromatic heterocycles. The van der Waals surface area contributed by atoms with Crippen molar-refractivity contribution in [1.29, 1.82) is 0 Å². The van der Waals surface area contributed by atoms with Gasteiger partial charge in [-0.3, -0.25) is 0 Å². The van der Waals surface area contributed by atoms with Crippen molar-refractivity contribution in [3.63, 3.8) is 0 Å². The van der Waals surface area contributed by atoms with Crippen LogP contribution in [0.5, 0.6) is 0 Å². The van der Waals surface area contributed by atoms with Gasteiger partial charge in [0.2, 0.25) is 0 Å².